The van der Waals surface area contributed by atoms with E-state index < -0.39 is 0 Å². The predicted octanol–water partition coefficient (Wildman–Crippen LogP) is 3.76. The van der Waals surface area contributed by atoms with Gasteiger partial charge in [0.25, 0.3) is 0 Å². The summed E-state index contributed by atoms with van der Waals surface area (Å²) in [6, 6.07) is 13.8. The van der Waals surface area contributed by atoms with Crippen LogP contribution in [-0.2, 0) is 24.4 Å². The van der Waals surface area contributed by atoms with Crippen molar-refractivity contribution < 1.29 is 4.74 Å². The van der Waals surface area contributed by atoms with Crippen molar-refractivity contribution in [3.8, 4) is 0 Å². The minimum atomic E-state index is 0.693. The van der Waals surface area contributed by atoms with E-state index in [0.29, 0.717) is 13.2 Å². The van der Waals surface area contributed by atoms with Gasteiger partial charge in [-0.15, -0.1) is 11.3 Å². The third kappa shape index (κ3) is 4.44. The van der Waals surface area contributed by atoms with Crippen LogP contribution in [0.1, 0.15) is 28.8 Å². The summed E-state index contributed by atoms with van der Waals surface area (Å²) in [5.74, 6) is 0. The minimum absolute atomic E-state index is 0.693. The van der Waals surface area contributed by atoms with Gasteiger partial charge < -0.3 is 10.1 Å². The third-order valence-corrected chi connectivity index (χ3v) is 4.39. The Morgan fingerprint density at radius 1 is 1.05 bits per heavy atom. The molecule has 0 radical (unpaired) electrons. The smallest absolute Gasteiger partial charge is 0.0813 e. The molecule has 20 heavy (non-hydrogen) atoms. The van der Waals surface area contributed by atoms with Crippen molar-refractivity contribution in [3.05, 3.63) is 57.8 Å². The second-order valence-corrected chi connectivity index (χ2v) is 6.40. The highest BCUT2D eigenvalue weighted by atomic mass is 32.1. The monoisotopic (exact) mass is 287 g/mol. The van der Waals surface area contributed by atoms with Crippen molar-refractivity contribution in [2.24, 2.45) is 0 Å². The highest BCUT2D eigenvalue weighted by Gasteiger charge is 2.19. The van der Waals surface area contributed by atoms with Crippen LogP contribution in [0.2, 0.25) is 0 Å². The Hall–Kier alpha value is -1.16. The van der Waals surface area contributed by atoms with E-state index in [1.54, 1.807) is 11.3 Å². The molecular weight excluding hydrogens is 266 g/mol. The van der Waals surface area contributed by atoms with Gasteiger partial charge >= 0.3 is 0 Å². The standard InChI is InChI=1S/C17H21NOS/c1-2-17(20-11-1)13-19-12-15-5-3-14(4-6-15)9-10-18-16-7-8-16/h1-6,11,16,18H,7-10,12-13H2. The zero-order valence-electron chi connectivity index (χ0n) is 11.7. The van der Waals surface area contributed by atoms with E-state index in [2.05, 4.69) is 47.1 Å². The maximum Gasteiger partial charge on any atom is 0.0813 e. The Bertz CT molecular complexity index is 502. The molecular formula is C17H21NOS. The highest BCUT2D eigenvalue weighted by Crippen LogP contribution is 2.18. The molecule has 1 N–H and O–H groups in total. The van der Waals surface area contributed by atoms with Crippen LogP contribution in [0.3, 0.4) is 0 Å². The van der Waals surface area contributed by atoms with Gasteiger partial charge in [0.05, 0.1) is 13.2 Å². The molecule has 1 aliphatic rings. The molecule has 1 aromatic carbocycles. The first kappa shape index (κ1) is 13.8. The lowest BCUT2D eigenvalue weighted by Crippen LogP contribution is -2.19. The third-order valence-electron chi connectivity index (χ3n) is 3.54. The number of hydrogen-bond acceptors (Lipinski definition) is 3. The molecule has 1 aromatic heterocycles. The van der Waals surface area contributed by atoms with Crippen molar-refractivity contribution >= 4 is 11.3 Å². The quantitative estimate of drug-likeness (QED) is 0.798. The van der Waals surface area contributed by atoms with Gasteiger partial charge in [-0.2, -0.15) is 0 Å². The van der Waals surface area contributed by atoms with E-state index in [1.165, 1.54) is 28.8 Å². The Morgan fingerprint density at radius 2 is 1.85 bits per heavy atom. The van der Waals surface area contributed by atoms with Crippen LogP contribution in [0, 0.1) is 0 Å². The number of thiophene rings is 1. The van der Waals surface area contributed by atoms with Gasteiger partial charge in [-0.05, 0) is 48.4 Å². The molecule has 1 fully saturated rings. The molecule has 2 nitrogen and oxygen atoms in total. The lowest BCUT2D eigenvalue weighted by molar-refractivity contribution is 0.109. The van der Waals surface area contributed by atoms with E-state index in [9.17, 15) is 0 Å². The first-order valence-corrected chi connectivity index (χ1v) is 8.19. The lowest BCUT2D eigenvalue weighted by atomic mass is 10.1. The SMILES string of the molecule is c1csc(COCc2ccc(CCNC3CC3)cc2)c1. The number of rotatable bonds is 8. The molecule has 0 amide bonds. The number of hydrogen-bond donors (Lipinski definition) is 1. The summed E-state index contributed by atoms with van der Waals surface area (Å²) < 4.78 is 5.72. The molecule has 0 aliphatic heterocycles. The van der Waals surface area contributed by atoms with E-state index in [-0.39, 0.29) is 0 Å². The van der Waals surface area contributed by atoms with Gasteiger partial charge in [0.15, 0.2) is 0 Å². The molecule has 2 aromatic rings. The second kappa shape index (κ2) is 7.02. The van der Waals surface area contributed by atoms with Gasteiger partial charge in [-0.25, -0.2) is 0 Å². The summed E-state index contributed by atoms with van der Waals surface area (Å²) in [6.07, 6.45) is 3.84. The minimum Gasteiger partial charge on any atom is -0.371 e. The van der Waals surface area contributed by atoms with Crippen LogP contribution < -0.4 is 5.32 Å². The fourth-order valence-corrected chi connectivity index (χ4v) is 2.81. The maximum atomic E-state index is 5.72. The van der Waals surface area contributed by atoms with E-state index in [1.807, 2.05) is 0 Å². The topological polar surface area (TPSA) is 21.3 Å². The number of ether oxygens (including phenoxy) is 1. The van der Waals surface area contributed by atoms with Gasteiger partial charge in [0, 0.05) is 10.9 Å². The van der Waals surface area contributed by atoms with Gasteiger partial charge in [0.2, 0.25) is 0 Å². The van der Waals surface area contributed by atoms with Crippen LogP contribution in [0.4, 0.5) is 0 Å². The van der Waals surface area contributed by atoms with Crippen LogP contribution in [0.25, 0.3) is 0 Å². The Balaban J connectivity index is 1.38. The zero-order valence-corrected chi connectivity index (χ0v) is 12.5. The summed E-state index contributed by atoms with van der Waals surface area (Å²) in [4.78, 5) is 1.28. The molecule has 3 rings (SSSR count). The summed E-state index contributed by atoms with van der Waals surface area (Å²) >= 11 is 1.74. The van der Waals surface area contributed by atoms with Crippen LogP contribution in [0.5, 0.6) is 0 Å². The van der Waals surface area contributed by atoms with Crippen LogP contribution in [-0.4, -0.2) is 12.6 Å². The normalized spacial score (nSPS) is 14.6. The molecule has 1 aliphatic carbocycles. The first-order valence-electron chi connectivity index (χ1n) is 7.31. The Kier molecular flexibility index (Phi) is 4.85. The second-order valence-electron chi connectivity index (χ2n) is 5.37. The highest BCUT2D eigenvalue weighted by molar-refractivity contribution is 7.09. The summed E-state index contributed by atoms with van der Waals surface area (Å²) in [5, 5.41) is 5.63. The van der Waals surface area contributed by atoms with Gasteiger partial charge in [0.1, 0.15) is 0 Å². The molecule has 0 spiro atoms. The molecule has 3 heteroatoms. The lowest BCUT2D eigenvalue weighted by Gasteiger charge is -2.06. The van der Waals surface area contributed by atoms with Gasteiger partial charge in [-0.1, -0.05) is 30.3 Å². The predicted molar refractivity (Wildman–Crippen MR) is 84.0 cm³/mol. The molecule has 1 heterocycles. The Labute approximate surface area is 124 Å². The van der Waals surface area contributed by atoms with Crippen molar-refractivity contribution in [1.29, 1.82) is 0 Å². The zero-order chi connectivity index (χ0) is 13.6. The molecule has 0 saturated heterocycles. The molecule has 0 unspecified atom stereocenters. The fourth-order valence-electron chi connectivity index (χ4n) is 2.17. The van der Waals surface area contributed by atoms with Crippen molar-refractivity contribution in [2.45, 2.75) is 38.5 Å². The average Bonchev–Trinajstić information content (AvgIpc) is 3.15. The van der Waals surface area contributed by atoms with E-state index >= 15 is 0 Å². The van der Waals surface area contributed by atoms with E-state index in [4.69, 9.17) is 4.74 Å². The maximum absolute atomic E-state index is 5.72. The summed E-state index contributed by atoms with van der Waals surface area (Å²) in [7, 11) is 0. The molecule has 106 valence electrons. The largest absolute Gasteiger partial charge is 0.371 e. The summed E-state index contributed by atoms with van der Waals surface area (Å²) in [5.41, 5.74) is 2.65. The fraction of sp³-hybridized carbons (Fsp3) is 0.412. The van der Waals surface area contributed by atoms with E-state index in [0.717, 1.165) is 19.0 Å². The van der Waals surface area contributed by atoms with Crippen molar-refractivity contribution in [3.63, 3.8) is 0 Å². The van der Waals surface area contributed by atoms with Crippen molar-refractivity contribution in [2.75, 3.05) is 6.54 Å². The molecule has 0 atom stereocenters. The summed E-state index contributed by atoms with van der Waals surface area (Å²) in [6.45, 7) is 2.50. The number of benzene rings is 1. The molecule has 1 saturated carbocycles. The molecule has 0 bridgehead atoms. The average molecular weight is 287 g/mol. The van der Waals surface area contributed by atoms with Crippen LogP contribution in [0.15, 0.2) is 41.8 Å². The van der Waals surface area contributed by atoms with Crippen molar-refractivity contribution in [1.82, 2.24) is 5.32 Å². The number of nitrogens with one attached hydrogen (secondary N) is 1. The van der Waals surface area contributed by atoms with Gasteiger partial charge in [-0.3, -0.25) is 0 Å². The van der Waals surface area contributed by atoms with Crippen LogP contribution >= 0.6 is 11.3 Å². The Morgan fingerprint density at radius 3 is 2.55 bits per heavy atom. The first-order chi connectivity index (χ1) is 9.90.